The molecule has 3 heterocycles. The summed E-state index contributed by atoms with van der Waals surface area (Å²) >= 11 is 3.74. The maximum atomic E-state index is 2.44. The molecule has 0 atom stereocenters. The zero-order valence-electron chi connectivity index (χ0n) is 26.9. The van der Waals surface area contributed by atoms with Gasteiger partial charge in [0.15, 0.2) is 0 Å². The molecule has 0 aliphatic rings. The second-order valence-corrected chi connectivity index (χ2v) is 15.1. The minimum Gasteiger partial charge on any atom is -0.310 e. The van der Waals surface area contributed by atoms with Crippen molar-refractivity contribution in [3.63, 3.8) is 0 Å². The van der Waals surface area contributed by atoms with Crippen LogP contribution in [-0.4, -0.2) is 4.57 Å². The molecule has 0 spiro atoms. The molecule has 4 heteroatoms. The second kappa shape index (κ2) is 10.8. The van der Waals surface area contributed by atoms with Gasteiger partial charge in [0.1, 0.15) is 0 Å². The van der Waals surface area contributed by atoms with E-state index in [1.165, 1.54) is 72.9 Å². The van der Waals surface area contributed by atoms with Gasteiger partial charge in [-0.15, -0.1) is 22.7 Å². The molecular formula is C46H28N2S2. The number of hydrogen-bond donors (Lipinski definition) is 0. The van der Waals surface area contributed by atoms with Gasteiger partial charge in [-0.2, -0.15) is 0 Å². The van der Waals surface area contributed by atoms with Crippen LogP contribution in [0.25, 0.3) is 78.6 Å². The van der Waals surface area contributed by atoms with Crippen molar-refractivity contribution in [3.05, 3.63) is 170 Å². The fourth-order valence-electron chi connectivity index (χ4n) is 7.85. The summed E-state index contributed by atoms with van der Waals surface area (Å²) in [5.74, 6) is 0. The standard InChI is InChI=1S/C46H28N2S2/c1-2-10-31(11-3-1)48-41-15-7-4-12-35(41)36-22-20-34(28-42(36)48)47(33-21-23-45-40(27-33)38-14-6-8-16-43(38)49-45)32-19-18-29-26-46-39(25-30(29)24-32)37-13-5-9-17-44(37)50-46/h1-28H. The summed E-state index contributed by atoms with van der Waals surface area (Å²) in [6, 6.07) is 62.6. The molecule has 0 bridgehead atoms. The zero-order chi connectivity index (χ0) is 32.8. The molecule has 0 amide bonds. The summed E-state index contributed by atoms with van der Waals surface area (Å²) in [6.07, 6.45) is 0. The summed E-state index contributed by atoms with van der Waals surface area (Å²) in [5, 5.41) is 10.2. The van der Waals surface area contributed by atoms with E-state index in [2.05, 4.69) is 179 Å². The van der Waals surface area contributed by atoms with Crippen molar-refractivity contribution in [1.29, 1.82) is 0 Å². The molecule has 8 aromatic carbocycles. The van der Waals surface area contributed by atoms with Gasteiger partial charge < -0.3 is 9.47 Å². The Morgan fingerprint density at radius 3 is 1.74 bits per heavy atom. The van der Waals surface area contributed by atoms with Gasteiger partial charge in [0.05, 0.1) is 11.0 Å². The Morgan fingerprint density at radius 1 is 0.340 bits per heavy atom. The minimum absolute atomic E-state index is 1.12. The lowest BCUT2D eigenvalue weighted by molar-refractivity contribution is 1.18. The van der Waals surface area contributed by atoms with E-state index in [1.54, 1.807) is 0 Å². The van der Waals surface area contributed by atoms with Crippen LogP contribution >= 0.6 is 22.7 Å². The number of nitrogens with zero attached hydrogens (tertiary/aromatic N) is 2. The van der Waals surface area contributed by atoms with Gasteiger partial charge in [0.2, 0.25) is 0 Å². The molecule has 234 valence electrons. The van der Waals surface area contributed by atoms with E-state index in [0.29, 0.717) is 0 Å². The Hall–Kier alpha value is -5.94. The van der Waals surface area contributed by atoms with Crippen molar-refractivity contribution in [1.82, 2.24) is 4.57 Å². The summed E-state index contributed by atoms with van der Waals surface area (Å²) < 4.78 is 7.69. The van der Waals surface area contributed by atoms with Crippen LogP contribution in [0.5, 0.6) is 0 Å². The summed E-state index contributed by atoms with van der Waals surface area (Å²) in [5.41, 5.74) is 6.96. The van der Waals surface area contributed by atoms with Crippen molar-refractivity contribution < 1.29 is 0 Å². The number of fused-ring (bicyclic) bond motifs is 10. The van der Waals surface area contributed by atoms with E-state index in [1.807, 2.05) is 22.7 Å². The Labute approximate surface area is 296 Å². The molecular weight excluding hydrogens is 645 g/mol. The molecule has 50 heavy (non-hydrogen) atoms. The van der Waals surface area contributed by atoms with Gasteiger partial charge in [0.25, 0.3) is 0 Å². The first-order valence-corrected chi connectivity index (χ1v) is 18.6. The molecule has 0 saturated heterocycles. The Morgan fingerprint density at radius 2 is 0.920 bits per heavy atom. The smallest absolute Gasteiger partial charge is 0.0561 e. The summed E-state index contributed by atoms with van der Waals surface area (Å²) in [6.45, 7) is 0. The Bertz CT molecular complexity index is 3110. The third-order valence-corrected chi connectivity index (χ3v) is 12.4. The molecule has 0 radical (unpaired) electrons. The van der Waals surface area contributed by atoms with Crippen LogP contribution in [0.4, 0.5) is 17.1 Å². The topological polar surface area (TPSA) is 8.17 Å². The molecule has 0 aliphatic heterocycles. The highest BCUT2D eigenvalue weighted by molar-refractivity contribution is 7.26. The van der Waals surface area contributed by atoms with E-state index < -0.39 is 0 Å². The van der Waals surface area contributed by atoms with Gasteiger partial charge in [-0.05, 0) is 95.7 Å². The number of para-hydroxylation sites is 2. The van der Waals surface area contributed by atoms with Crippen molar-refractivity contribution in [2.75, 3.05) is 4.90 Å². The van der Waals surface area contributed by atoms with Crippen LogP contribution in [0.2, 0.25) is 0 Å². The molecule has 2 nitrogen and oxygen atoms in total. The monoisotopic (exact) mass is 672 g/mol. The lowest BCUT2D eigenvalue weighted by Crippen LogP contribution is -2.10. The average molecular weight is 673 g/mol. The van der Waals surface area contributed by atoms with Gasteiger partial charge in [-0.25, -0.2) is 0 Å². The highest BCUT2D eigenvalue weighted by atomic mass is 32.1. The van der Waals surface area contributed by atoms with Crippen molar-refractivity contribution in [2.45, 2.75) is 0 Å². The average Bonchev–Trinajstić information content (AvgIpc) is 3.83. The van der Waals surface area contributed by atoms with E-state index >= 15 is 0 Å². The third-order valence-electron chi connectivity index (χ3n) is 10.1. The van der Waals surface area contributed by atoms with Gasteiger partial charge in [0, 0.05) is 73.9 Å². The maximum absolute atomic E-state index is 2.44. The molecule has 0 unspecified atom stereocenters. The number of aromatic nitrogens is 1. The molecule has 0 fully saturated rings. The third kappa shape index (κ3) is 4.19. The molecule has 11 rings (SSSR count). The molecule has 0 aliphatic carbocycles. The van der Waals surface area contributed by atoms with Crippen LogP contribution in [0, 0.1) is 0 Å². The fraction of sp³-hybridized carbons (Fsp3) is 0. The normalized spacial score (nSPS) is 12.0. The summed E-state index contributed by atoms with van der Waals surface area (Å²) in [4.78, 5) is 2.44. The van der Waals surface area contributed by atoms with E-state index in [-0.39, 0.29) is 0 Å². The van der Waals surface area contributed by atoms with E-state index in [4.69, 9.17) is 0 Å². The van der Waals surface area contributed by atoms with Crippen LogP contribution in [0.1, 0.15) is 0 Å². The van der Waals surface area contributed by atoms with Crippen LogP contribution in [0.3, 0.4) is 0 Å². The van der Waals surface area contributed by atoms with E-state index in [9.17, 15) is 0 Å². The van der Waals surface area contributed by atoms with Crippen molar-refractivity contribution in [2.24, 2.45) is 0 Å². The van der Waals surface area contributed by atoms with E-state index in [0.717, 1.165) is 22.7 Å². The molecule has 0 N–H and O–H groups in total. The largest absolute Gasteiger partial charge is 0.310 e. The fourth-order valence-corrected chi connectivity index (χ4v) is 10.1. The number of benzene rings is 8. The number of hydrogen-bond acceptors (Lipinski definition) is 3. The van der Waals surface area contributed by atoms with Crippen LogP contribution in [-0.2, 0) is 0 Å². The summed E-state index contributed by atoms with van der Waals surface area (Å²) in [7, 11) is 0. The molecule has 0 saturated carbocycles. The van der Waals surface area contributed by atoms with Gasteiger partial charge in [-0.1, -0.05) is 84.9 Å². The quantitative estimate of drug-likeness (QED) is 0.181. The molecule has 11 aromatic rings. The first kappa shape index (κ1) is 28.0. The van der Waals surface area contributed by atoms with Crippen molar-refractivity contribution >= 4 is 113 Å². The first-order chi connectivity index (χ1) is 24.8. The highest BCUT2D eigenvalue weighted by Gasteiger charge is 2.19. The van der Waals surface area contributed by atoms with Crippen molar-refractivity contribution in [3.8, 4) is 5.69 Å². The molecule has 3 aromatic heterocycles. The highest BCUT2D eigenvalue weighted by Crippen LogP contribution is 2.44. The predicted octanol–water partition coefficient (Wildman–Crippen LogP) is 14.1. The lowest BCUT2D eigenvalue weighted by Gasteiger charge is -2.26. The first-order valence-electron chi connectivity index (χ1n) is 16.9. The lowest BCUT2D eigenvalue weighted by atomic mass is 10.0. The van der Waals surface area contributed by atoms with Crippen LogP contribution < -0.4 is 4.90 Å². The van der Waals surface area contributed by atoms with Crippen LogP contribution in [0.15, 0.2) is 170 Å². The van der Waals surface area contributed by atoms with Gasteiger partial charge in [-0.3, -0.25) is 0 Å². The van der Waals surface area contributed by atoms with Gasteiger partial charge >= 0.3 is 0 Å². The number of anilines is 3. The SMILES string of the molecule is c1ccc(-n2c3ccccc3c3ccc(N(c4ccc5cc6sc7ccccc7c6cc5c4)c4ccc5sc6ccccc6c5c4)cc32)cc1. The number of rotatable bonds is 4. The second-order valence-electron chi connectivity index (χ2n) is 13.0. The minimum atomic E-state index is 1.12. The predicted molar refractivity (Wildman–Crippen MR) is 219 cm³/mol. The maximum Gasteiger partial charge on any atom is 0.0561 e. The zero-order valence-corrected chi connectivity index (χ0v) is 28.5. The Kier molecular flexibility index (Phi) is 6.03. The Balaban J connectivity index is 1.18. The number of thiophene rings is 2.